The third-order valence-electron chi connectivity index (χ3n) is 3.66. The molecule has 25 heavy (non-hydrogen) atoms. The first-order valence-electron chi connectivity index (χ1n) is 7.50. The minimum Gasteiger partial charge on any atom is -0.495 e. The lowest BCUT2D eigenvalue weighted by Gasteiger charge is -2.19. The molecule has 0 aliphatic carbocycles. The molecule has 0 saturated carbocycles. The third kappa shape index (κ3) is 4.43. The summed E-state index contributed by atoms with van der Waals surface area (Å²) >= 11 is 5.96. The highest BCUT2D eigenvalue weighted by atomic mass is 35.5. The fourth-order valence-corrected chi connectivity index (χ4v) is 3.16. The first kappa shape index (κ1) is 19.1. The van der Waals surface area contributed by atoms with Crippen molar-refractivity contribution in [2.75, 3.05) is 29.5 Å². The van der Waals surface area contributed by atoms with Crippen LogP contribution in [0.25, 0.3) is 0 Å². The number of ether oxygens (including phenoxy) is 1. The van der Waals surface area contributed by atoms with Gasteiger partial charge in [0.1, 0.15) is 5.75 Å². The number of amides is 1. The Hall–Kier alpha value is -2.25. The van der Waals surface area contributed by atoms with E-state index < -0.39 is 15.9 Å². The molecule has 0 fully saturated rings. The topological polar surface area (TPSA) is 75.7 Å². The smallest absolute Gasteiger partial charge is 0.255 e. The number of methoxy groups -OCH3 is 1. The highest BCUT2D eigenvalue weighted by Gasteiger charge is 2.17. The molecule has 0 unspecified atom stereocenters. The SMILES string of the molecule is CCS(=O)(=O)N(C)c1cccc(C(=O)Nc2cc(Cl)ccc2OC)c1. The quantitative estimate of drug-likeness (QED) is 0.830. The number of rotatable bonds is 6. The van der Waals surface area contributed by atoms with E-state index >= 15 is 0 Å². The summed E-state index contributed by atoms with van der Waals surface area (Å²) in [5, 5.41) is 3.18. The molecule has 6 nitrogen and oxygen atoms in total. The van der Waals surface area contributed by atoms with Crippen LogP contribution in [-0.4, -0.2) is 34.2 Å². The minimum atomic E-state index is -3.40. The number of sulfonamides is 1. The van der Waals surface area contributed by atoms with E-state index in [2.05, 4.69) is 5.32 Å². The molecule has 134 valence electrons. The summed E-state index contributed by atoms with van der Waals surface area (Å²) in [5.41, 5.74) is 1.16. The van der Waals surface area contributed by atoms with Crippen molar-refractivity contribution in [2.45, 2.75) is 6.92 Å². The Morgan fingerprint density at radius 1 is 1.24 bits per heavy atom. The van der Waals surface area contributed by atoms with Crippen molar-refractivity contribution in [3.63, 3.8) is 0 Å². The van der Waals surface area contributed by atoms with Crippen molar-refractivity contribution in [1.82, 2.24) is 0 Å². The molecule has 0 heterocycles. The van der Waals surface area contributed by atoms with Crippen molar-refractivity contribution < 1.29 is 17.9 Å². The normalized spacial score (nSPS) is 11.0. The molecule has 2 aromatic rings. The highest BCUT2D eigenvalue weighted by molar-refractivity contribution is 7.92. The lowest BCUT2D eigenvalue weighted by atomic mass is 10.2. The Morgan fingerprint density at radius 3 is 2.60 bits per heavy atom. The predicted molar refractivity (Wildman–Crippen MR) is 100 cm³/mol. The van der Waals surface area contributed by atoms with Crippen LogP contribution in [0.2, 0.25) is 5.02 Å². The number of carbonyl (C=O) groups excluding carboxylic acids is 1. The van der Waals surface area contributed by atoms with Gasteiger partial charge in [-0.15, -0.1) is 0 Å². The van der Waals surface area contributed by atoms with E-state index in [1.807, 2.05) is 0 Å². The maximum atomic E-state index is 12.5. The molecule has 0 aliphatic heterocycles. The van der Waals surface area contributed by atoms with E-state index in [0.29, 0.717) is 27.7 Å². The zero-order chi connectivity index (χ0) is 18.6. The maximum Gasteiger partial charge on any atom is 0.255 e. The van der Waals surface area contributed by atoms with Gasteiger partial charge in [0, 0.05) is 17.6 Å². The van der Waals surface area contributed by atoms with E-state index in [-0.39, 0.29) is 5.75 Å². The fourth-order valence-electron chi connectivity index (χ4n) is 2.17. The van der Waals surface area contributed by atoms with E-state index in [1.165, 1.54) is 20.2 Å². The van der Waals surface area contributed by atoms with Crippen LogP contribution in [-0.2, 0) is 10.0 Å². The van der Waals surface area contributed by atoms with Crippen molar-refractivity contribution in [3.8, 4) is 5.75 Å². The second-order valence-corrected chi connectivity index (χ2v) is 7.94. The fraction of sp³-hybridized carbons (Fsp3) is 0.235. The maximum absolute atomic E-state index is 12.5. The van der Waals surface area contributed by atoms with Crippen LogP contribution in [0.4, 0.5) is 11.4 Å². The summed E-state index contributed by atoms with van der Waals surface area (Å²) in [4.78, 5) is 12.5. The molecular weight excluding hydrogens is 364 g/mol. The Bertz CT molecular complexity index is 884. The molecule has 0 bridgehead atoms. The largest absolute Gasteiger partial charge is 0.495 e. The number of halogens is 1. The molecular formula is C17H19ClN2O4S. The number of nitrogens with one attached hydrogen (secondary N) is 1. The summed E-state index contributed by atoms with van der Waals surface area (Å²) in [6, 6.07) is 11.2. The van der Waals surface area contributed by atoms with Gasteiger partial charge in [0.2, 0.25) is 10.0 Å². The van der Waals surface area contributed by atoms with E-state index in [1.54, 1.807) is 43.3 Å². The molecule has 1 amide bonds. The summed E-state index contributed by atoms with van der Waals surface area (Å²) in [7, 11) is -0.460. The summed E-state index contributed by atoms with van der Waals surface area (Å²) in [5.74, 6) is 0.0453. The van der Waals surface area contributed by atoms with Gasteiger partial charge in [-0.3, -0.25) is 9.10 Å². The van der Waals surface area contributed by atoms with Crippen molar-refractivity contribution in [2.24, 2.45) is 0 Å². The monoisotopic (exact) mass is 382 g/mol. The zero-order valence-corrected chi connectivity index (χ0v) is 15.7. The second kappa shape index (κ2) is 7.76. The van der Waals surface area contributed by atoms with Crippen LogP contribution in [0.3, 0.4) is 0 Å². The molecule has 0 radical (unpaired) electrons. The number of carbonyl (C=O) groups is 1. The summed E-state index contributed by atoms with van der Waals surface area (Å²) < 4.78 is 30.3. The zero-order valence-electron chi connectivity index (χ0n) is 14.1. The Balaban J connectivity index is 2.29. The standard InChI is InChI=1S/C17H19ClN2O4S/c1-4-25(22,23)20(2)14-7-5-6-12(10-14)17(21)19-15-11-13(18)8-9-16(15)24-3/h5-11H,4H2,1-3H3,(H,19,21). The molecule has 8 heteroatoms. The van der Waals surface area contributed by atoms with Crippen LogP contribution in [0, 0.1) is 0 Å². The Labute approximate surface area is 152 Å². The van der Waals surface area contributed by atoms with Crippen LogP contribution < -0.4 is 14.4 Å². The average Bonchev–Trinajstić information content (AvgIpc) is 2.61. The predicted octanol–water partition coefficient (Wildman–Crippen LogP) is 3.39. The Morgan fingerprint density at radius 2 is 1.96 bits per heavy atom. The van der Waals surface area contributed by atoms with Crippen molar-refractivity contribution >= 4 is 38.9 Å². The van der Waals surface area contributed by atoms with Crippen LogP contribution in [0.1, 0.15) is 17.3 Å². The van der Waals surface area contributed by atoms with Crippen LogP contribution in [0.15, 0.2) is 42.5 Å². The van der Waals surface area contributed by atoms with Gasteiger partial charge < -0.3 is 10.1 Å². The highest BCUT2D eigenvalue weighted by Crippen LogP contribution is 2.28. The number of nitrogens with zero attached hydrogens (tertiary/aromatic N) is 1. The second-order valence-electron chi connectivity index (χ2n) is 5.22. The number of benzene rings is 2. The van der Waals surface area contributed by atoms with Gasteiger partial charge in [-0.25, -0.2) is 8.42 Å². The first-order valence-corrected chi connectivity index (χ1v) is 9.48. The van der Waals surface area contributed by atoms with E-state index in [0.717, 1.165) is 4.31 Å². The molecule has 0 aliphatic rings. The van der Waals surface area contributed by atoms with Crippen molar-refractivity contribution in [3.05, 3.63) is 53.1 Å². The van der Waals surface area contributed by atoms with Crippen molar-refractivity contribution in [1.29, 1.82) is 0 Å². The lowest BCUT2D eigenvalue weighted by Crippen LogP contribution is -2.28. The number of hydrogen-bond acceptors (Lipinski definition) is 4. The average molecular weight is 383 g/mol. The van der Waals surface area contributed by atoms with E-state index in [4.69, 9.17) is 16.3 Å². The van der Waals surface area contributed by atoms with Crippen LogP contribution >= 0.6 is 11.6 Å². The number of hydrogen-bond donors (Lipinski definition) is 1. The van der Waals surface area contributed by atoms with Gasteiger partial charge in [0.25, 0.3) is 5.91 Å². The lowest BCUT2D eigenvalue weighted by molar-refractivity contribution is 0.102. The Kier molecular flexibility index (Phi) is 5.92. The molecule has 0 spiro atoms. The third-order valence-corrected chi connectivity index (χ3v) is 5.67. The number of anilines is 2. The first-order chi connectivity index (χ1) is 11.8. The molecule has 1 N–H and O–H groups in total. The van der Waals surface area contributed by atoms with Gasteiger partial charge in [-0.1, -0.05) is 17.7 Å². The van der Waals surface area contributed by atoms with E-state index in [9.17, 15) is 13.2 Å². The molecule has 0 aromatic heterocycles. The van der Waals surface area contributed by atoms with Crippen LogP contribution in [0.5, 0.6) is 5.75 Å². The van der Waals surface area contributed by atoms with Gasteiger partial charge in [-0.2, -0.15) is 0 Å². The molecule has 2 rings (SSSR count). The van der Waals surface area contributed by atoms with Gasteiger partial charge in [0.05, 0.1) is 24.2 Å². The van der Waals surface area contributed by atoms with Gasteiger partial charge in [-0.05, 0) is 43.3 Å². The minimum absolute atomic E-state index is 0.0281. The molecule has 0 saturated heterocycles. The molecule has 0 atom stereocenters. The summed E-state index contributed by atoms with van der Waals surface area (Å²) in [6.07, 6.45) is 0. The van der Waals surface area contributed by atoms with Gasteiger partial charge >= 0.3 is 0 Å². The van der Waals surface area contributed by atoms with Gasteiger partial charge in [0.15, 0.2) is 0 Å². The molecule has 2 aromatic carbocycles. The summed E-state index contributed by atoms with van der Waals surface area (Å²) in [6.45, 7) is 1.56.